The third-order valence-corrected chi connectivity index (χ3v) is 7.65. The summed E-state index contributed by atoms with van der Waals surface area (Å²) in [5, 5.41) is 11.8. The lowest BCUT2D eigenvalue weighted by Crippen LogP contribution is -2.56. The van der Waals surface area contributed by atoms with E-state index in [1.54, 1.807) is 0 Å². The number of likely N-dealkylation sites (tertiary alicyclic amines) is 1. The van der Waals surface area contributed by atoms with Gasteiger partial charge in [-0.25, -0.2) is 4.79 Å². The zero-order valence-electron chi connectivity index (χ0n) is 19.4. The molecule has 1 aliphatic carbocycles. The molecule has 0 spiro atoms. The van der Waals surface area contributed by atoms with Gasteiger partial charge in [0.25, 0.3) is 0 Å². The fourth-order valence-corrected chi connectivity index (χ4v) is 5.69. The molecule has 0 radical (unpaired) electrons. The van der Waals surface area contributed by atoms with Crippen molar-refractivity contribution in [3.63, 3.8) is 0 Å². The van der Waals surface area contributed by atoms with E-state index >= 15 is 0 Å². The molecule has 0 aromatic heterocycles. The number of esters is 1. The fourth-order valence-electron chi connectivity index (χ4n) is 5.69. The van der Waals surface area contributed by atoms with Crippen LogP contribution < -0.4 is 0 Å². The average Bonchev–Trinajstić information content (AvgIpc) is 2.84. The lowest BCUT2D eigenvalue weighted by molar-refractivity contribution is -0.916. The zero-order chi connectivity index (χ0) is 22.4. The summed E-state index contributed by atoms with van der Waals surface area (Å²) in [6, 6.07) is 20.0. The summed E-state index contributed by atoms with van der Waals surface area (Å²) in [5.41, 5.74) is 0.475. The van der Waals surface area contributed by atoms with Crippen LogP contribution in [-0.4, -0.2) is 48.3 Å². The van der Waals surface area contributed by atoms with E-state index < -0.39 is 11.6 Å². The Hall–Kier alpha value is -2.17. The third kappa shape index (κ3) is 5.24. The molecule has 4 heteroatoms. The van der Waals surface area contributed by atoms with Crippen LogP contribution >= 0.6 is 0 Å². The number of carbonyl (C=O) groups is 1. The molecule has 4 nitrogen and oxygen atoms in total. The summed E-state index contributed by atoms with van der Waals surface area (Å²) in [5.74, 6) is -0.522. The van der Waals surface area contributed by atoms with E-state index in [1.165, 1.54) is 12.0 Å². The van der Waals surface area contributed by atoms with Crippen LogP contribution in [0.2, 0.25) is 0 Å². The molecule has 1 saturated carbocycles. The van der Waals surface area contributed by atoms with Crippen molar-refractivity contribution in [3.8, 4) is 0 Å². The molecule has 0 amide bonds. The molecule has 32 heavy (non-hydrogen) atoms. The second-order valence-electron chi connectivity index (χ2n) is 10.1. The van der Waals surface area contributed by atoms with Crippen molar-refractivity contribution in [1.82, 2.24) is 0 Å². The molecule has 1 N–H and O–H groups in total. The number of carbonyl (C=O) groups excluding carboxylic acids is 1. The molecule has 2 aliphatic rings. The number of ether oxygens (including phenoxy) is 1. The molecule has 3 unspecified atom stereocenters. The van der Waals surface area contributed by atoms with E-state index in [4.69, 9.17) is 4.74 Å². The maximum Gasteiger partial charge on any atom is 0.343 e. The Bertz CT molecular complexity index is 865. The molecule has 0 bridgehead atoms. The zero-order valence-corrected chi connectivity index (χ0v) is 19.4. The van der Waals surface area contributed by atoms with Crippen LogP contribution in [0.15, 0.2) is 60.7 Å². The summed E-state index contributed by atoms with van der Waals surface area (Å²) in [6.45, 7) is 2.95. The minimum atomic E-state index is -1.55. The molecule has 1 aliphatic heterocycles. The van der Waals surface area contributed by atoms with Gasteiger partial charge in [0.15, 0.2) is 11.7 Å². The van der Waals surface area contributed by atoms with Crippen LogP contribution in [0.3, 0.4) is 0 Å². The van der Waals surface area contributed by atoms with Gasteiger partial charge in [0, 0.05) is 18.8 Å². The second-order valence-corrected chi connectivity index (χ2v) is 10.1. The maximum atomic E-state index is 13.5. The van der Waals surface area contributed by atoms with Gasteiger partial charge in [0.1, 0.15) is 6.54 Å². The number of hydrogen-bond acceptors (Lipinski definition) is 3. The van der Waals surface area contributed by atoms with E-state index in [1.807, 2.05) is 30.3 Å². The summed E-state index contributed by atoms with van der Waals surface area (Å²) in [6.07, 6.45) is 7.83. The SMILES string of the molecule is C[N+]1(CCc2ccccc2)CCCC(OC(=O)C(O)(c2ccccc2)C2CCCCC2)C1. The fraction of sp³-hybridized carbons (Fsp3) is 0.536. The van der Waals surface area contributed by atoms with Crippen molar-refractivity contribution in [2.75, 3.05) is 26.7 Å². The minimum Gasteiger partial charge on any atom is -0.454 e. The summed E-state index contributed by atoms with van der Waals surface area (Å²) in [7, 11) is 2.27. The predicted octanol–water partition coefficient (Wildman–Crippen LogP) is 4.85. The smallest absolute Gasteiger partial charge is 0.343 e. The Morgan fingerprint density at radius 3 is 2.31 bits per heavy atom. The first-order valence-corrected chi connectivity index (χ1v) is 12.4. The van der Waals surface area contributed by atoms with Crippen molar-refractivity contribution in [2.24, 2.45) is 5.92 Å². The molecular weight excluding hydrogens is 398 g/mol. The van der Waals surface area contributed by atoms with Crippen LogP contribution in [0, 0.1) is 5.92 Å². The topological polar surface area (TPSA) is 46.5 Å². The highest BCUT2D eigenvalue weighted by Crippen LogP contribution is 2.41. The Morgan fingerprint density at radius 2 is 1.62 bits per heavy atom. The van der Waals surface area contributed by atoms with Crippen molar-refractivity contribution in [1.29, 1.82) is 0 Å². The van der Waals surface area contributed by atoms with Gasteiger partial charge in [-0.05, 0) is 30.4 Å². The van der Waals surface area contributed by atoms with Crippen molar-refractivity contribution < 1.29 is 19.1 Å². The Kier molecular flexibility index (Phi) is 7.32. The summed E-state index contributed by atoms with van der Waals surface area (Å²) < 4.78 is 7.01. The molecule has 2 aromatic carbocycles. The van der Waals surface area contributed by atoms with Gasteiger partial charge in [-0.15, -0.1) is 0 Å². The van der Waals surface area contributed by atoms with Crippen LogP contribution in [0.4, 0.5) is 0 Å². The average molecular weight is 437 g/mol. The van der Waals surface area contributed by atoms with E-state index in [-0.39, 0.29) is 12.0 Å². The highest BCUT2D eigenvalue weighted by Gasteiger charge is 2.48. The normalized spacial score (nSPS) is 26.2. The van der Waals surface area contributed by atoms with E-state index in [9.17, 15) is 9.90 Å². The van der Waals surface area contributed by atoms with Crippen LogP contribution in [0.1, 0.15) is 56.1 Å². The van der Waals surface area contributed by atoms with Gasteiger partial charge < -0.3 is 14.3 Å². The molecule has 3 atom stereocenters. The first kappa shape index (κ1) is 23.0. The van der Waals surface area contributed by atoms with Gasteiger partial charge in [0.05, 0.1) is 20.1 Å². The molecule has 2 fully saturated rings. The largest absolute Gasteiger partial charge is 0.454 e. The van der Waals surface area contributed by atoms with E-state index in [0.29, 0.717) is 5.56 Å². The summed E-state index contributed by atoms with van der Waals surface area (Å²) >= 11 is 0. The molecule has 1 heterocycles. The predicted molar refractivity (Wildman–Crippen MR) is 127 cm³/mol. The highest BCUT2D eigenvalue weighted by atomic mass is 16.6. The minimum absolute atomic E-state index is 0.0753. The number of hydrogen-bond donors (Lipinski definition) is 1. The number of likely N-dealkylation sites (N-methyl/N-ethyl adjacent to an activating group) is 1. The first-order chi connectivity index (χ1) is 15.5. The maximum absolute atomic E-state index is 13.5. The van der Waals surface area contributed by atoms with Gasteiger partial charge in [0.2, 0.25) is 0 Å². The number of aliphatic hydroxyl groups is 1. The monoisotopic (exact) mass is 436 g/mol. The molecule has 2 aromatic rings. The lowest BCUT2D eigenvalue weighted by atomic mass is 9.73. The Labute approximate surface area is 192 Å². The van der Waals surface area contributed by atoms with Gasteiger partial charge in [-0.1, -0.05) is 79.9 Å². The highest BCUT2D eigenvalue weighted by molar-refractivity contribution is 5.81. The standard InChI is InChI=1S/C28H38NO3/c1-29(21-19-23-12-5-2-6-13-23)20-11-18-26(22-29)32-27(30)28(31,24-14-7-3-8-15-24)25-16-9-4-10-17-25/h2-3,5-8,12-15,25-26,31H,4,9-11,16-22H2,1H3/q+1. The number of quaternary nitrogens is 1. The third-order valence-electron chi connectivity index (χ3n) is 7.65. The van der Waals surface area contributed by atoms with Gasteiger partial charge in [-0.3, -0.25) is 0 Å². The van der Waals surface area contributed by atoms with Crippen molar-refractivity contribution in [3.05, 3.63) is 71.8 Å². The lowest BCUT2D eigenvalue weighted by Gasteiger charge is -2.42. The van der Waals surface area contributed by atoms with Gasteiger partial charge in [-0.2, -0.15) is 0 Å². The summed E-state index contributed by atoms with van der Waals surface area (Å²) in [4.78, 5) is 13.5. The quantitative estimate of drug-likeness (QED) is 0.499. The molecule has 172 valence electrons. The molecular formula is C28H38NO3+. The number of benzene rings is 2. The van der Waals surface area contributed by atoms with Crippen LogP contribution in [-0.2, 0) is 21.6 Å². The molecule has 4 rings (SSSR count). The number of rotatable bonds is 7. The van der Waals surface area contributed by atoms with E-state index in [0.717, 1.165) is 69.1 Å². The Morgan fingerprint density at radius 1 is 0.969 bits per heavy atom. The Balaban J connectivity index is 1.45. The van der Waals surface area contributed by atoms with E-state index in [2.05, 4.69) is 37.4 Å². The first-order valence-electron chi connectivity index (χ1n) is 12.4. The van der Waals surface area contributed by atoms with Crippen molar-refractivity contribution >= 4 is 5.97 Å². The molecule has 1 saturated heterocycles. The number of piperidine rings is 1. The van der Waals surface area contributed by atoms with Crippen LogP contribution in [0.25, 0.3) is 0 Å². The second kappa shape index (κ2) is 10.2. The van der Waals surface area contributed by atoms with Gasteiger partial charge >= 0.3 is 5.97 Å². The number of nitrogens with zero attached hydrogens (tertiary/aromatic N) is 1. The van der Waals surface area contributed by atoms with Crippen LogP contribution in [0.5, 0.6) is 0 Å². The van der Waals surface area contributed by atoms with Crippen molar-refractivity contribution in [2.45, 2.75) is 63.1 Å².